The summed E-state index contributed by atoms with van der Waals surface area (Å²) in [6.07, 6.45) is 1.44. The van der Waals surface area contributed by atoms with E-state index in [9.17, 15) is 9.59 Å². The van der Waals surface area contributed by atoms with E-state index in [4.69, 9.17) is 0 Å². The molecule has 5 nitrogen and oxygen atoms in total. The molecule has 7 heteroatoms. The lowest BCUT2D eigenvalue weighted by atomic mass is 10.4. The number of hydrogen-bond acceptors (Lipinski definition) is 4. The monoisotopic (exact) mass is 352 g/mol. The van der Waals surface area contributed by atoms with Gasteiger partial charge in [-0.2, -0.15) is 0 Å². The lowest BCUT2D eigenvalue weighted by Gasteiger charge is -2.12. The van der Waals surface area contributed by atoms with E-state index in [2.05, 4.69) is 41.6 Å². The molecule has 0 N–H and O–H groups in total. The third kappa shape index (κ3) is 2.91. The van der Waals surface area contributed by atoms with Gasteiger partial charge in [-0.3, -0.25) is 14.2 Å². The van der Waals surface area contributed by atoms with E-state index in [1.807, 2.05) is 0 Å². The molecule has 0 aliphatic carbocycles. The number of carbonyl (C=O) groups excluding carboxylic acids is 1. The van der Waals surface area contributed by atoms with Crippen molar-refractivity contribution >= 4 is 37.8 Å². The smallest absolute Gasteiger partial charge is 0.321 e. The van der Waals surface area contributed by atoms with Gasteiger partial charge in [0.05, 0.1) is 13.7 Å². The molecule has 1 aromatic rings. The Labute approximate surface area is 109 Å². The Bertz CT molecular complexity index is 459. The maximum Gasteiger partial charge on any atom is 0.321 e. The van der Waals surface area contributed by atoms with Crippen LogP contribution in [0.3, 0.4) is 0 Å². The van der Waals surface area contributed by atoms with Gasteiger partial charge in [-0.05, 0) is 22.9 Å². The minimum Gasteiger partial charge on any atom is -0.468 e. The lowest BCUT2D eigenvalue weighted by molar-refractivity contribution is -0.140. The average molecular weight is 354 g/mol. The Balaban J connectivity index is 3.02. The van der Waals surface area contributed by atoms with Crippen molar-refractivity contribution in [3.8, 4) is 0 Å². The van der Waals surface area contributed by atoms with E-state index >= 15 is 0 Å². The van der Waals surface area contributed by atoms with Crippen LogP contribution in [0.15, 0.2) is 15.5 Å². The fraction of sp³-hybridized carbons (Fsp3) is 0.444. The molecule has 0 saturated carbocycles. The number of esters is 1. The van der Waals surface area contributed by atoms with E-state index < -0.39 is 10.8 Å². The molecule has 16 heavy (non-hydrogen) atoms. The van der Waals surface area contributed by atoms with Crippen LogP contribution < -0.4 is 5.56 Å². The van der Waals surface area contributed by atoms with Crippen LogP contribution in [0, 0.1) is 6.92 Å². The molecule has 0 amide bonds. The Morgan fingerprint density at radius 1 is 1.69 bits per heavy atom. The van der Waals surface area contributed by atoms with Crippen LogP contribution >= 0.6 is 31.9 Å². The zero-order valence-corrected chi connectivity index (χ0v) is 11.9. The molecule has 0 aliphatic heterocycles. The molecule has 1 heterocycles. The van der Waals surface area contributed by atoms with Gasteiger partial charge in [0.2, 0.25) is 0 Å². The van der Waals surface area contributed by atoms with Gasteiger partial charge in [-0.25, -0.2) is 4.98 Å². The summed E-state index contributed by atoms with van der Waals surface area (Å²) < 4.78 is 6.33. The highest BCUT2D eigenvalue weighted by atomic mass is 79.9. The van der Waals surface area contributed by atoms with Gasteiger partial charge in [0.15, 0.2) is 0 Å². The highest BCUT2D eigenvalue weighted by Gasteiger charge is 2.18. The summed E-state index contributed by atoms with van der Waals surface area (Å²) in [7, 11) is 1.30. The van der Waals surface area contributed by atoms with E-state index in [-0.39, 0.29) is 12.1 Å². The van der Waals surface area contributed by atoms with Crippen molar-refractivity contribution in [2.24, 2.45) is 0 Å². The second-order valence-corrected chi connectivity index (χ2v) is 5.02. The normalized spacial score (nSPS) is 12.2. The van der Waals surface area contributed by atoms with Crippen molar-refractivity contribution < 1.29 is 9.53 Å². The van der Waals surface area contributed by atoms with E-state index in [1.165, 1.54) is 17.9 Å². The molecular formula is C9H10Br2N2O3. The zero-order valence-electron chi connectivity index (χ0n) is 8.74. The molecule has 0 aromatic carbocycles. The van der Waals surface area contributed by atoms with Crippen LogP contribution in [0.25, 0.3) is 0 Å². The van der Waals surface area contributed by atoms with Crippen LogP contribution in [-0.2, 0) is 16.1 Å². The standard InChI is InChI=1S/C9H10Br2N2O3/c1-5-12-3-6(10)8(14)13(5)4-7(11)9(15)16-2/h3,7H,4H2,1-2H3. The van der Waals surface area contributed by atoms with Crippen LogP contribution in [0.4, 0.5) is 0 Å². The highest BCUT2D eigenvalue weighted by Crippen LogP contribution is 2.07. The van der Waals surface area contributed by atoms with Crippen molar-refractivity contribution in [2.45, 2.75) is 18.3 Å². The van der Waals surface area contributed by atoms with Crippen LogP contribution in [0.1, 0.15) is 5.82 Å². The average Bonchev–Trinajstić information content (AvgIpc) is 2.28. The first-order valence-corrected chi connectivity index (χ1v) is 6.12. The number of carbonyl (C=O) groups is 1. The maximum absolute atomic E-state index is 11.7. The summed E-state index contributed by atoms with van der Waals surface area (Å²) >= 11 is 6.25. The zero-order chi connectivity index (χ0) is 12.3. The number of nitrogens with zero attached hydrogens (tertiary/aromatic N) is 2. The first kappa shape index (κ1) is 13.4. The third-order valence-electron chi connectivity index (χ3n) is 2.00. The van der Waals surface area contributed by atoms with E-state index in [0.29, 0.717) is 10.3 Å². The predicted molar refractivity (Wildman–Crippen MR) is 65.7 cm³/mol. The van der Waals surface area contributed by atoms with Crippen molar-refractivity contribution in [2.75, 3.05) is 7.11 Å². The number of rotatable bonds is 3. The Hall–Kier alpha value is -0.690. The molecule has 0 spiro atoms. The van der Waals surface area contributed by atoms with Crippen LogP contribution in [0.2, 0.25) is 0 Å². The number of halogens is 2. The van der Waals surface area contributed by atoms with Crippen molar-refractivity contribution in [1.29, 1.82) is 0 Å². The minimum absolute atomic E-state index is 0.184. The molecule has 1 unspecified atom stereocenters. The molecule has 1 atom stereocenters. The first-order valence-electron chi connectivity index (χ1n) is 4.41. The van der Waals surface area contributed by atoms with Gasteiger partial charge in [0.25, 0.3) is 5.56 Å². The summed E-state index contributed by atoms with van der Waals surface area (Å²) in [4.78, 5) is 26.4. The largest absolute Gasteiger partial charge is 0.468 e. The first-order chi connectivity index (χ1) is 7.47. The second-order valence-electron chi connectivity index (χ2n) is 3.06. The number of aryl methyl sites for hydroxylation is 1. The molecular weight excluding hydrogens is 344 g/mol. The Morgan fingerprint density at radius 2 is 2.31 bits per heavy atom. The summed E-state index contributed by atoms with van der Waals surface area (Å²) in [5.41, 5.74) is -0.221. The number of hydrogen-bond donors (Lipinski definition) is 0. The number of methoxy groups -OCH3 is 1. The summed E-state index contributed by atoms with van der Waals surface area (Å²) in [5.74, 6) is 0.118. The molecule has 88 valence electrons. The molecule has 0 radical (unpaired) electrons. The second kappa shape index (κ2) is 5.58. The SMILES string of the molecule is COC(=O)C(Br)Cn1c(C)ncc(Br)c1=O. The summed E-state index contributed by atoms with van der Waals surface area (Å²) in [5, 5.41) is 0. The molecule has 0 fully saturated rings. The molecule has 0 saturated heterocycles. The fourth-order valence-corrected chi connectivity index (χ4v) is 1.92. The van der Waals surface area contributed by atoms with Gasteiger partial charge in [-0.1, -0.05) is 15.9 Å². The van der Waals surface area contributed by atoms with E-state index in [0.717, 1.165) is 0 Å². The molecule has 0 aliphatic rings. The van der Waals surface area contributed by atoms with Gasteiger partial charge in [0, 0.05) is 6.20 Å². The topological polar surface area (TPSA) is 61.2 Å². The van der Waals surface area contributed by atoms with E-state index in [1.54, 1.807) is 6.92 Å². The number of aromatic nitrogens is 2. The van der Waals surface area contributed by atoms with Crippen molar-refractivity contribution in [1.82, 2.24) is 9.55 Å². The summed E-state index contributed by atoms with van der Waals surface area (Å²) in [6.45, 7) is 1.88. The van der Waals surface area contributed by atoms with Gasteiger partial charge in [0.1, 0.15) is 15.1 Å². The lowest BCUT2D eigenvalue weighted by Crippen LogP contribution is -2.31. The molecule has 1 aromatic heterocycles. The molecule has 0 bridgehead atoms. The maximum atomic E-state index is 11.7. The van der Waals surface area contributed by atoms with Crippen molar-refractivity contribution in [3.63, 3.8) is 0 Å². The van der Waals surface area contributed by atoms with Crippen molar-refractivity contribution in [3.05, 3.63) is 26.8 Å². The number of alkyl halides is 1. The predicted octanol–water partition coefficient (Wildman–Crippen LogP) is 1.25. The molecule has 1 rings (SSSR count). The fourth-order valence-electron chi connectivity index (χ4n) is 1.13. The third-order valence-corrected chi connectivity index (χ3v) is 3.21. The van der Waals surface area contributed by atoms with Crippen LogP contribution in [-0.4, -0.2) is 27.5 Å². The Morgan fingerprint density at radius 3 is 2.88 bits per heavy atom. The number of ether oxygens (including phenoxy) is 1. The van der Waals surface area contributed by atoms with Crippen LogP contribution in [0.5, 0.6) is 0 Å². The summed E-state index contributed by atoms with van der Waals surface area (Å²) in [6, 6.07) is 0. The Kier molecular flexibility index (Phi) is 4.67. The highest BCUT2D eigenvalue weighted by molar-refractivity contribution is 9.10. The quantitative estimate of drug-likeness (QED) is 0.606. The van der Waals surface area contributed by atoms with Gasteiger partial charge >= 0.3 is 5.97 Å². The van der Waals surface area contributed by atoms with Gasteiger partial charge in [-0.15, -0.1) is 0 Å². The van der Waals surface area contributed by atoms with Gasteiger partial charge < -0.3 is 4.74 Å². The minimum atomic E-state index is -0.565.